The highest BCUT2D eigenvalue weighted by Crippen LogP contribution is 2.66. The van der Waals surface area contributed by atoms with Crippen molar-refractivity contribution in [1.82, 2.24) is 0 Å². The van der Waals surface area contributed by atoms with Gasteiger partial charge in [0, 0.05) is 6.42 Å². The van der Waals surface area contributed by atoms with Gasteiger partial charge in [0.2, 0.25) is 0 Å². The van der Waals surface area contributed by atoms with Crippen molar-refractivity contribution in [3.05, 3.63) is 0 Å². The molecule has 1 heterocycles. The molecule has 0 aromatic heterocycles. The Kier molecular flexibility index (Phi) is 8.79. The average Bonchev–Trinajstić information content (AvgIpc) is 2.79. The molecule has 0 aromatic carbocycles. The Morgan fingerprint density at radius 2 is 1.65 bits per heavy atom. The molecule has 1 nitrogen and oxygen atoms in total. The molecule has 0 aliphatic carbocycles. The number of hydrogen-bond donors (Lipinski definition) is 0. The topological polar surface area (TPSA) is 23.8 Å². The van der Waals surface area contributed by atoms with Crippen LogP contribution >= 0.6 is 7.92 Å². The molecule has 1 aliphatic rings. The van der Waals surface area contributed by atoms with Gasteiger partial charge in [-0.05, 0) is 49.1 Å². The molecule has 0 aromatic rings. The Morgan fingerprint density at radius 1 is 1.05 bits per heavy atom. The van der Waals surface area contributed by atoms with E-state index in [2.05, 4.69) is 26.8 Å². The van der Waals surface area contributed by atoms with Crippen molar-refractivity contribution >= 4 is 7.92 Å². The fourth-order valence-corrected chi connectivity index (χ4v) is 8.08. The smallest absolute Gasteiger partial charge is 0.0625 e. The van der Waals surface area contributed by atoms with E-state index in [-0.39, 0.29) is 7.92 Å². The molecule has 1 rings (SSSR count). The highest BCUT2D eigenvalue weighted by Gasteiger charge is 2.47. The van der Waals surface area contributed by atoms with E-state index in [0.29, 0.717) is 11.1 Å². The summed E-state index contributed by atoms with van der Waals surface area (Å²) in [5.41, 5.74) is 0. The van der Waals surface area contributed by atoms with E-state index < -0.39 is 0 Å². The van der Waals surface area contributed by atoms with Crippen molar-refractivity contribution in [2.75, 3.05) is 12.3 Å². The first-order valence-electron chi connectivity index (χ1n) is 8.87. The molecule has 20 heavy (non-hydrogen) atoms. The van der Waals surface area contributed by atoms with Gasteiger partial charge in [0.1, 0.15) is 0 Å². The lowest BCUT2D eigenvalue weighted by molar-refractivity contribution is 0.331. The van der Waals surface area contributed by atoms with Crippen LogP contribution in [0.3, 0.4) is 0 Å². The molecule has 116 valence electrons. The summed E-state index contributed by atoms with van der Waals surface area (Å²) in [7, 11) is 0.176. The maximum atomic E-state index is 9.23. The van der Waals surface area contributed by atoms with E-state index in [0.717, 1.165) is 6.42 Å². The first kappa shape index (κ1) is 18.0. The first-order valence-corrected chi connectivity index (χ1v) is 10.6. The summed E-state index contributed by atoms with van der Waals surface area (Å²) in [6, 6.07) is 2.50. The van der Waals surface area contributed by atoms with Crippen molar-refractivity contribution in [2.45, 2.75) is 90.1 Å². The van der Waals surface area contributed by atoms with E-state index in [9.17, 15) is 5.26 Å². The summed E-state index contributed by atoms with van der Waals surface area (Å²) in [5.74, 6) is 0.716. The van der Waals surface area contributed by atoms with E-state index in [4.69, 9.17) is 0 Å². The SMILES string of the molecule is CCCCP1CCC(CC#N)C1(CCCC)CCCC. The standard InChI is InChI=1S/C18H34NP/c1-4-7-12-18(13-8-5-2)17(10-14-19)11-16-20(18)15-9-6-3/h17H,4-13,15-16H2,1-3H3. The third-order valence-electron chi connectivity index (χ3n) is 5.18. The van der Waals surface area contributed by atoms with Crippen LogP contribution in [0.1, 0.15) is 85.0 Å². The molecule has 0 saturated carbocycles. The van der Waals surface area contributed by atoms with Crippen LogP contribution in [0.25, 0.3) is 0 Å². The van der Waals surface area contributed by atoms with E-state index >= 15 is 0 Å². The van der Waals surface area contributed by atoms with Crippen LogP contribution in [-0.4, -0.2) is 17.5 Å². The minimum absolute atomic E-state index is 0.176. The minimum atomic E-state index is 0.176. The van der Waals surface area contributed by atoms with Gasteiger partial charge in [0.25, 0.3) is 0 Å². The van der Waals surface area contributed by atoms with Gasteiger partial charge in [-0.25, -0.2) is 0 Å². The summed E-state index contributed by atoms with van der Waals surface area (Å²) >= 11 is 0. The van der Waals surface area contributed by atoms with Gasteiger partial charge in [-0.1, -0.05) is 52.9 Å². The van der Waals surface area contributed by atoms with E-state index in [1.165, 1.54) is 70.1 Å². The zero-order valence-electron chi connectivity index (χ0n) is 14.0. The number of rotatable bonds is 10. The van der Waals surface area contributed by atoms with Crippen LogP contribution in [0.4, 0.5) is 0 Å². The van der Waals surface area contributed by atoms with Gasteiger partial charge >= 0.3 is 0 Å². The largest absolute Gasteiger partial charge is 0.198 e. The fourth-order valence-electron chi connectivity index (χ4n) is 3.96. The van der Waals surface area contributed by atoms with Crippen LogP contribution in [0.5, 0.6) is 0 Å². The molecule has 0 amide bonds. The second-order valence-corrected chi connectivity index (χ2v) is 9.36. The van der Waals surface area contributed by atoms with Crippen molar-refractivity contribution < 1.29 is 0 Å². The summed E-state index contributed by atoms with van der Waals surface area (Å²) in [6.07, 6.45) is 16.0. The average molecular weight is 295 g/mol. The number of nitriles is 1. The second-order valence-electron chi connectivity index (χ2n) is 6.50. The fraction of sp³-hybridized carbons (Fsp3) is 0.944. The lowest BCUT2D eigenvalue weighted by Gasteiger charge is -2.41. The Morgan fingerprint density at radius 3 is 2.15 bits per heavy atom. The predicted molar refractivity (Wildman–Crippen MR) is 91.7 cm³/mol. The minimum Gasteiger partial charge on any atom is -0.198 e. The number of nitrogens with zero attached hydrogens (tertiary/aromatic N) is 1. The van der Waals surface area contributed by atoms with E-state index in [1.54, 1.807) is 0 Å². The molecule has 1 saturated heterocycles. The monoisotopic (exact) mass is 295 g/mol. The molecular weight excluding hydrogens is 261 g/mol. The van der Waals surface area contributed by atoms with Gasteiger partial charge in [-0.2, -0.15) is 5.26 Å². The van der Waals surface area contributed by atoms with Gasteiger partial charge in [-0.15, -0.1) is 7.92 Å². The molecule has 0 bridgehead atoms. The Labute approximate surface area is 128 Å². The van der Waals surface area contributed by atoms with Crippen LogP contribution in [-0.2, 0) is 0 Å². The molecular formula is C18H34NP. The maximum Gasteiger partial charge on any atom is 0.0625 e. The summed E-state index contributed by atoms with van der Waals surface area (Å²) < 4.78 is 0. The summed E-state index contributed by atoms with van der Waals surface area (Å²) in [5, 5.41) is 9.80. The Hall–Kier alpha value is -0.0800. The van der Waals surface area contributed by atoms with Gasteiger partial charge < -0.3 is 0 Å². The predicted octanol–water partition coefficient (Wildman–Crippen LogP) is 6.32. The number of unbranched alkanes of at least 4 members (excludes halogenated alkanes) is 3. The summed E-state index contributed by atoms with van der Waals surface area (Å²) in [6.45, 7) is 6.95. The van der Waals surface area contributed by atoms with Crippen molar-refractivity contribution in [3.63, 3.8) is 0 Å². The zero-order chi connectivity index (χ0) is 14.8. The molecule has 2 unspecified atom stereocenters. The van der Waals surface area contributed by atoms with Gasteiger partial charge in [0.05, 0.1) is 6.07 Å². The molecule has 1 aliphatic heterocycles. The lowest BCUT2D eigenvalue weighted by Crippen LogP contribution is -2.32. The molecule has 1 fully saturated rings. The van der Waals surface area contributed by atoms with Crippen LogP contribution in [0.2, 0.25) is 0 Å². The third-order valence-corrected chi connectivity index (χ3v) is 8.91. The lowest BCUT2D eigenvalue weighted by atomic mass is 9.80. The highest BCUT2D eigenvalue weighted by molar-refractivity contribution is 7.59. The van der Waals surface area contributed by atoms with E-state index in [1.807, 2.05) is 0 Å². The van der Waals surface area contributed by atoms with Crippen molar-refractivity contribution in [3.8, 4) is 6.07 Å². The maximum absolute atomic E-state index is 9.23. The van der Waals surface area contributed by atoms with Gasteiger partial charge in [-0.3, -0.25) is 0 Å². The van der Waals surface area contributed by atoms with Crippen molar-refractivity contribution in [2.24, 2.45) is 5.92 Å². The Balaban J connectivity index is 2.87. The third kappa shape index (κ3) is 4.46. The molecule has 2 heteroatoms. The zero-order valence-corrected chi connectivity index (χ0v) is 14.9. The molecule has 0 spiro atoms. The second kappa shape index (κ2) is 9.78. The molecule has 0 radical (unpaired) electrons. The molecule has 2 atom stereocenters. The molecule has 0 N–H and O–H groups in total. The first-order chi connectivity index (χ1) is 9.75. The normalized spacial score (nSPS) is 24.7. The van der Waals surface area contributed by atoms with Crippen LogP contribution < -0.4 is 0 Å². The van der Waals surface area contributed by atoms with Crippen LogP contribution in [0, 0.1) is 17.2 Å². The van der Waals surface area contributed by atoms with Crippen LogP contribution in [0.15, 0.2) is 0 Å². The quantitative estimate of drug-likeness (QED) is 0.432. The number of hydrogen-bond acceptors (Lipinski definition) is 1. The van der Waals surface area contributed by atoms with Gasteiger partial charge in [0.15, 0.2) is 0 Å². The summed E-state index contributed by atoms with van der Waals surface area (Å²) in [4.78, 5) is 0. The Bertz CT molecular complexity index is 286. The van der Waals surface area contributed by atoms with Crippen molar-refractivity contribution in [1.29, 1.82) is 5.26 Å². The highest BCUT2D eigenvalue weighted by atomic mass is 31.1.